The Balaban J connectivity index is 0.000000154. The van der Waals surface area contributed by atoms with Crippen LogP contribution >= 0.6 is 47.0 Å². The Bertz CT molecular complexity index is 7830. The van der Waals surface area contributed by atoms with Crippen molar-refractivity contribution in [2.45, 2.75) is 162 Å². The van der Waals surface area contributed by atoms with Crippen molar-refractivity contribution in [3.63, 3.8) is 0 Å². The first kappa shape index (κ1) is 88.0. The molecule has 137 heavy (non-hydrogen) atoms. The molecule has 4 aliphatic heterocycles. The van der Waals surface area contributed by atoms with Crippen LogP contribution in [0, 0.1) is 0 Å². The van der Waals surface area contributed by atoms with E-state index < -0.39 is 0 Å². The number of hydrogen-bond acceptors (Lipinski definition) is 4. The van der Waals surface area contributed by atoms with Crippen molar-refractivity contribution < 1.29 is 0 Å². The van der Waals surface area contributed by atoms with Crippen molar-refractivity contribution in [2.24, 2.45) is 0 Å². The van der Waals surface area contributed by atoms with Crippen LogP contribution in [0.1, 0.15) is 152 Å². The standard InChI is InChI=1S/C66H55BS2.C65H53BS2/c1-64(2,3)50-36-43(35-45(37-50)62-53-29-19-17-27-51(53)61(42-21-11-8-12-22-42)52-28-18-20-30-54(52)62)44-38-59-63-60(39-44)69-58-34-32-49(66(6,7)47-25-15-10-16-26-47)41-56(58)67(63)55-40-48(31-33-57(55)68-59)65(4,5)46-23-13-9-14-24-46;1-41(2)43-34-44(36-46(35-43)62-53-28-18-16-26-51(53)61(42-20-10-7-11-21-42)52-27-17-19-29-54(52)62)45-37-59-63-60(38-45)68-58-33-31-50(65(5,6)48-24-14-9-15-25-48)40-56(58)66(63)55-39-49(30-32-57(55)67-59)64(3,4)47-22-12-8-13-23-47/h8-41H,1-7H3;7-41H,1-6H3. The zero-order valence-electron chi connectivity index (χ0n) is 80.1. The number of benzene rings is 20. The molecule has 0 aromatic heterocycles. The summed E-state index contributed by atoms with van der Waals surface area (Å²) in [6.45, 7) is 30.9. The summed E-state index contributed by atoms with van der Waals surface area (Å²) >= 11 is 7.82. The van der Waals surface area contributed by atoms with Crippen LogP contribution in [0.2, 0.25) is 0 Å². The first-order chi connectivity index (χ1) is 66.4. The molecule has 0 saturated carbocycles. The molecule has 4 heterocycles. The molecule has 0 spiro atoms. The van der Waals surface area contributed by atoms with Crippen LogP contribution in [0.25, 0.3) is 110 Å². The van der Waals surface area contributed by atoms with Gasteiger partial charge in [0.15, 0.2) is 0 Å². The van der Waals surface area contributed by atoms with Gasteiger partial charge in [0.2, 0.25) is 13.4 Å². The fraction of sp³-hybridized carbons (Fsp3) is 0.145. The van der Waals surface area contributed by atoms with Crippen molar-refractivity contribution >= 4 is 136 Å². The third kappa shape index (κ3) is 15.5. The van der Waals surface area contributed by atoms with Gasteiger partial charge in [-0.25, -0.2) is 0 Å². The van der Waals surface area contributed by atoms with Crippen LogP contribution in [-0.2, 0) is 27.1 Å². The Kier molecular flexibility index (Phi) is 22.2. The van der Waals surface area contributed by atoms with Crippen LogP contribution in [-0.4, -0.2) is 13.4 Å². The van der Waals surface area contributed by atoms with Crippen molar-refractivity contribution in [3.05, 3.63) is 468 Å². The smallest absolute Gasteiger partial charge is 0.0911 e. The van der Waals surface area contributed by atoms with Crippen molar-refractivity contribution in [1.82, 2.24) is 0 Å². The van der Waals surface area contributed by atoms with Gasteiger partial charge < -0.3 is 0 Å². The molecule has 4 aliphatic rings. The second kappa shape index (κ2) is 34.6. The zero-order valence-corrected chi connectivity index (χ0v) is 83.4. The van der Waals surface area contributed by atoms with E-state index in [1.807, 2.05) is 47.0 Å². The maximum atomic E-state index is 2.55. The lowest BCUT2D eigenvalue weighted by molar-refractivity contribution is 0.590. The Morgan fingerprint density at radius 2 is 0.401 bits per heavy atom. The maximum absolute atomic E-state index is 2.55. The number of rotatable bonds is 15. The van der Waals surface area contributed by atoms with Crippen LogP contribution in [0.4, 0.5) is 0 Å². The van der Waals surface area contributed by atoms with Crippen molar-refractivity contribution in [2.75, 3.05) is 0 Å². The fourth-order valence-corrected chi connectivity index (χ4v) is 27.3. The van der Waals surface area contributed by atoms with Crippen molar-refractivity contribution in [3.8, 4) is 66.8 Å². The second-order valence-electron chi connectivity index (χ2n) is 41.5. The van der Waals surface area contributed by atoms with Gasteiger partial charge in [-0.3, -0.25) is 0 Å². The number of hydrogen-bond donors (Lipinski definition) is 0. The highest BCUT2D eigenvalue weighted by Gasteiger charge is 2.44. The first-order valence-electron chi connectivity index (χ1n) is 48.6. The van der Waals surface area contributed by atoms with Crippen LogP contribution in [0.5, 0.6) is 0 Å². The summed E-state index contributed by atoms with van der Waals surface area (Å²) in [6.07, 6.45) is 0. The molecule has 0 atom stereocenters. The zero-order chi connectivity index (χ0) is 93.5. The lowest BCUT2D eigenvalue weighted by atomic mass is 9.36. The molecule has 0 fully saturated rings. The van der Waals surface area contributed by atoms with Crippen LogP contribution in [0.3, 0.4) is 0 Å². The van der Waals surface area contributed by atoms with Gasteiger partial charge in [-0.05, 0) is 248 Å². The summed E-state index contributed by atoms with van der Waals surface area (Å²) in [5.74, 6) is 0.348. The van der Waals surface area contributed by atoms with E-state index in [9.17, 15) is 0 Å². The van der Waals surface area contributed by atoms with E-state index >= 15 is 0 Å². The molecule has 0 nitrogen and oxygen atoms in total. The highest BCUT2D eigenvalue weighted by atomic mass is 32.2. The van der Waals surface area contributed by atoms with Gasteiger partial charge in [0.05, 0.1) is 0 Å². The van der Waals surface area contributed by atoms with Gasteiger partial charge in [-0.1, -0.05) is 511 Å². The minimum atomic E-state index is -0.161. The molecule has 20 aromatic carbocycles. The molecule has 0 saturated heterocycles. The van der Waals surface area contributed by atoms with Gasteiger partial charge in [0.1, 0.15) is 0 Å². The van der Waals surface area contributed by atoms with E-state index in [0.29, 0.717) is 5.92 Å². The Labute approximate surface area is 826 Å². The molecule has 0 aliphatic carbocycles. The van der Waals surface area contributed by atoms with E-state index in [2.05, 4.69) is 503 Å². The van der Waals surface area contributed by atoms with Gasteiger partial charge in [-0.15, -0.1) is 0 Å². The minimum Gasteiger partial charge on any atom is -0.0911 e. The quantitative estimate of drug-likeness (QED) is 0.0741. The lowest BCUT2D eigenvalue weighted by Crippen LogP contribution is -2.58. The third-order valence-electron chi connectivity index (χ3n) is 30.5. The Morgan fingerprint density at radius 1 is 0.182 bits per heavy atom. The average molecular weight is 1830 g/mol. The predicted molar refractivity (Wildman–Crippen MR) is 594 cm³/mol. The first-order valence-corrected chi connectivity index (χ1v) is 51.8. The van der Waals surface area contributed by atoms with Crippen molar-refractivity contribution in [1.29, 1.82) is 0 Å². The Hall–Kier alpha value is -13.0. The Morgan fingerprint density at radius 3 is 0.664 bits per heavy atom. The van der Waals surface area contributed by atoms with E-state index in [0.717, 1.165) is 0 Å². The van der Waals surface area contributed by atoms with Gasteiger partial charge in [0, 0.05) is 60.8 Å². The maximum Gasteiger partial charge on any atom is 0.247 e. The summed E-state index contributed by atoms with van der Waals surface area (Å²) < 4.78 is 0. The SMILES string of the molecule is CC(C)(C)c1cc(-c2cc3c4c(c2)Sc2ccc(C(C)(C)c5ccccc5)cc2B4c2cc(C(C)(C)c4ccccc4)ccc2S3)cc(-c2c3ccccc3c(-c3ccccc3)c3ccccc23)c1.CC(C)c1cc(-c2cc3c4c(c2)Sc2ccc(C(C)(C)c5ccccc5)cc2B4c2cc(C(C)(C)c4ccccc4)ccc2S3)cc(-c2c3ccccc3c(-c3ccccc3)c3ccccc23)c1. The third-order valence-corrected chi connectivity index (χ3v) is 35.1. The molecule has 6 heteroatoms. The summed E-state index contributed by atoms with van der Waals surface area (Å²) in [5, 5.41) is 10.2. The monoisotopic (exact) mass is 1830 g/mol. The summed E-state index contributed by atoms with van der Waals surface area (Å²) in [7, 11) is 0. The van der Waals surface area contributed by atoms with E-state index in [4.69, 9.17) is 0 Å². The molecule has 662 valence electrons. The van der Waals surface area contributed by atoms with Crippen LogP contribution in [0.15, 0.2) is 452 Å². The molecule has 0 bridgehead atoms. The number of fused-ring (bicyclic) bond motifs is 12. The normalized spacial score (nSPS) is 13.2. The minimum absolute atomic E-state index is 0.0776. The molecular formula is C131H108B2S4. The van der Waals surface area contributed by atoms with Gasteiger partial charge in [0.25, 0.3) is 0 Å². The topological polar surface area (TPSA) is 0 Å². The summed E-state index contributed by atoms with van der Waals surface area (Å²) in [6, 6.07) is 156. The second-order valence-corrected chi connectivity index (χ2v) is 45.8. The van der Waals surface area contributed by atoms with E-state index in [1.54, 1.807) is 0 Å². The molecule has 24 rings (SSSR count). The average Bonchev–Trinajstić information content (AvgIpc) is 1.00. The van der Waals surface area contributed by atoms with Gasteiger partial charge >= 0.3 is 0 Å². The molecule has 0 radical (unpaired) electrons. The summed E-state index contributed by atoms with van der Waals surface area (Å²) in [4.78, 5) is 10.8. The molecule has 0 unspecified atom stereocenters. The summed E-state index contributed by atoms with van der Waals surface area (Å²) in [5.41, 5.74) is 36.5. The largest absolute Gasteiger partial charge is 0.247 e. The highest BCUT2D eigenvalue weighted by molar-refractivity contribution is 8.02. The lowest BCUT2D eigenvalue weighted by Gasteiger charge is -2.36. The predicted octanol–water partition coefficient (Wildman–Crippen LogP) is 32.6. The molecule has 0 N–H and O–H groups in total. The van der Waals surface area contributed by atoms with E-state index in [-0.39, 0.29) is 40.5 Å². The molecule has 0 amide bonds. The van der Waals surface area contributed by atoms with E-state index in [1.165, 1.54) is 237 Å². The fourth-order valence-electron chi connectivity index (χ4n) is 22.4. The molecular weight excluding hydrogens is 1720 g/mol. The van der Waals surface area contributed by atoms with Gasteiger partial charge in [-0.2, -0.15) is 0 Å². The molecule has 20 aromatic rings. The highest BCUT2D eigenvalue weighted by Crippen LogP contribution is 2.53. The van der Waals surface area contributed by atoms with Crippen LogP contribution < -0.4 is 32.8 Å².